The van der Waals surface area contributed by atoms with Gasteiger partial charge in [-0.25, -0.2) is 0 Å². The molecule has 0 aromatic heterocycles. The van der Waals surface area contributed by atoms with Gasteiger partial charge in [-0.05, 0) is 0 Å². The molecule has 9 nitrogen and oxygen atoms in total. The molecular weight excluding hydrogens is 232 g/mol. The van der Waals surface area contributed by atoms with E-state index >= 15 is 0 Å². The van der Waals surface area contributed by atoms with Gasteiger partial charge in [0.1, 0.15) is 0 Å². The third-order valence-corrected chi connectivity index (χ3v) is 0.668. The standard InChI is InChI=1S/C2H4O5S.H2O4S/c1-2(3)7-8(4,5)6;1-5(2,3)4/h1H3,(H,4,5,6);(H2,1,2,3,4). The van der Waals surface area contributed by atoms with E-state index in [1.165, 1.54) is 0 Å². The lowest BCUT2D eigenvalue weighted by Gasteiger charge is -1.90. The third kappa shape index (κ3) is 53.3. The Morgan fingerprint density at radius 1 is 1.08 bits per heavy atom. The van der Waals surface area contributed by atoms with Gasteiger partial charge < -0.3 is 4.18 Å². The van der Waals surface area contributed by atoms with Crippen LogP contribution in [0.25, 0.3) is 0 Å². The molecular formula is C2H6O9S2. The number of carbonyl (C=O) groups excluding carboxylic acids is 1. The highest BCUT2D eigenvalue weighted by atomic mass is 32.3. The van der Waals surface area contributed by atoms with Crippen LogP contribution in [0, 0.1) is 0 Å². The number of rotatable bonds is 1. The zero-order valence-corrected chi connectivity index (χ0v) is 7.74. The molecule has 13 heavy (non-hydrogen) atoms. The fraction of sp³-hybridized carbons (Fsp3) is 0.500. The van der Waals surface area contributed by atoms with Crippen molar-refractivity contribution in [2.45, 2.75) is 6.92 Å². The normalized spacial score (nSPS) is 11.1. The average molecular weight is 238 g/mol. The molecule has 0 heterocycles. The molecule has 11 heteroatoms. The SMILES string of the molecule is CC(=O)OS(=O)(=O)O.O=S(=O)(O)O. The van der Waals surface area contributed by atoms with Gasteiger partial charge in [-0.2, -0.15) is 16.8 Å². The molecule has 0 spiro atoms. The monoisotopic (exact) mass is 238 g/mol. The number of carbonyl (C=O) groups is 1. The van der Waals surface area contributed by atoms with E-state index in [-0.39, 0.29) is 0 Å². The first-order valence-corrected chi connectivity index (χ1v) is 5.05. The first kappa shape index (κ1) is 14.8. The second kappa shape index (κ2) is 5.08. The van der Waals surface area contributed by atoms with Crippen LogP contribution in [0.1, 0.15) is 6.92 Å². The lowest BCUT2D eigenvalue weighted by Crippen LogP contribution is -2.07. The summed E-state index contributed by atoms with van der Waals surface area (Å²) in [4.78, 5) is 9.70. The molecule has 0 aromatic carbocycles. The summed E-state index contributed by atoms with van der Waals surface area (Å²) in [6.07, 6.45) is 0. The van der Waals surface area contributed by atoms with Crippen LogP contribution < -0.4 is 0 Å². The summed E-state index contributed by atoms with van der Waals surface area (Å²) in [5.74, 6) is -1.06. The fourth-order valence-corrected chi connectivity index (χ4v) is 0.445. The maximum absolute atomic E-state index is 9.70. The summed E-state index contributed by atoms with van der Waals surface area (Å²) in [7, 11) is -9.24. The molecule has 0 amide bonds. The highest BCUT2D eigenvalue weighted by molar-refractivity contribution is 7.81. The average Bonchev–Trinajstić information content (AvgIpc) is 1.47. The molecule has 0 aromatic rings. The summed E-state index contributed by atoms with van der Waals surface area (Å²) < 4.78 is 61.7. The number of hydrogen-bond acceptors (Lipinski definition) is 6. The smallest absolute Gasteiger partial charge is 0.325 e. The highest BCUT2D eigenvalue weighted by Gasteiger charge is 2.06. The van der Waals surface area contributed by atoms with Gasteiger partial charge in [-0.3, -0.25) is 18.5 Å². The maximum Gasteiger partial charge on any atom is 0.448 e. The van der Waals surface area contributed by atoms with Crippen LogP contribution in [-0.2, 0) is 29.8 Å². The van der Waals surface area contributed by atoms with Gasteiger partial charge in [0, 0.05) is 6.92 Å². The van der Waals surface area contributed by atoms with Gasteiger partial charge in [-0.1, -0.05) is 0 Å². The van der Waals surface area contributed by atoms with Gasteiger partial charge in [0.15, 0.2) is 0 Å². The van der Waals surface area contributed by atoms with E-state index < -0.39 is 26.8 Å². The molecule has 80 valence electrons. The van der Waals surface area contributed by atoms with Crippen LogP contribution in [0.4, 0.5) is 0 Å². The predicted octanol–water partition coefficient (Wildman–Crippen LogP) is -1.30. The lowest BCUT2D eigenvalue weighted by molar-refractivity contribution is -0.131. The molecule has 0 rings (SSSR count). The van der Waals surface area contributed by atoms with Crippen LogP contribution in [0.2, 0.25) is 0 Å². The van der Waals surface area contributed by atoms with E-state index in [1.54, 1.807) is 0 Å². The van der Waals surface area contributed by atoms with Crippen LogP contribution in [0.15, 0.2) is 0 Å². The summed E-state index contributed by atoms with van der Waals surface area (Å²) in [6, 6.07) is 0. The Morgan fingerprint density at radius 3 is 1.31 bits per heavy atom. The minimum atomic E-state index is -4.67. The van der Waals surface area contributed by atoms with Gasteiger partial charge in [0.05, 0.1) is 0 Å². The van der Waals surface area contributed by atoms with Crippen molar-refractivity contribution in [3.8, 4) is 0 Å². The fourth-order valence-electron chi connectivity index (χ4n) is 0.148. The molecule has 0 aliphatic heterocycles. The summed E-state index contributed by atoms with van der Waals surface area (Å²) in [6.45, 7) is 0.869. The van der Waals surface area contributed by atoms with Crippen molar-refractivity contribution in [2.75, 3.05) is 0 Å². The molecule has 3 N–H and O–H groups in total. The van der Waals surface area contributed by atoms with Gasteiger partial charge in [0.25, 0.3) is 0 Å². The van der Waals surface area contributed by atoms with Crippen molar-refractivity contribution >= 4 is 26.8 Å². The maximum atomic E-state index is 9.70. The zero-order valence-electron chi connectivity index (χ0n) is 6.11. The van der Waals surface area contributed by atoms with Crippen LogP contribution in [0.5, 0.6) is 0 Å². The van der Waals surface area contributed by atoms with E-state index in [9.17, 15) is 13.2 Å². The molecule has 0 bridgehead atoms. The Labute approximate surface area is 73.9 Å². The molecule has 0 fully saturated rings. The lowest BCUT2D eigenvalue weighted by atomic mass is 10.9. The molecule has 0 aliphatic carbocycles. The molecule has 0 atom stereocenters. The van der Waals surface area contributed by atoms with E-state index in [2.05, 4.69) is 4.18 Å². The van der Waals surface area contributed by atoms with Crippen molar-refractivity contribution in [1.29, 1.82) is 0 Å². The van der Waals surface area contributed by atoms with E-state index in [4.69, 9.17) is 22.1 Å². The van der Waals surface area contributed by atoms with E-state index in [1.807, 2.05) is 0 Å². The Morgan fingerprint density at radius 2 is 1.31 bits per heavy atom. The predicted molar refractivity (Wildman–Crippen MR) is 37.5 cm³/mol. The molecule has 0 unspecified atom stereocenters. The zero-order chi connectivity index (χ0) is 11.3. The van der Waals surface area contributed by atoms with Crippen LogP contribution >= 0.6 is 0 Å². The molecule has 0 aliphatic rings. The van der Waals surface area contributed by atoms with Crippen molar-refractivity contribution < 1.29 is 39.5 Å². The highest BCUT2D eigenvalue weighted by Crippen LogP contribution is 1.84. The van der Waals surface area contributed by atoms with Crippen LogP contribution in [0.3, 0.4) is 0 Å². The van der Waals surface area contributed by atoms with Crippen molar-refractivity contribution in [2.24, 2.45) is 0 Å². The summed E-state index contributed by atoms with van der Waals surface area (Å²) in [5, 5.41) is 0. The van der Waals surface area contributed by atoms with Gasteiger partial charge in [-0.15, -0.1) is 0 Å². The summed E-state index contributed by atoms with van der Waals surface area (Å²) >= 11 is 0. The Hall–Kier alpha value is -0.750. The van der Waals surface area contributed by atoms with Gasteiger partial charge in [0.2, 0.25) is 0 Å². The van der Waals surface area contributed by atoms with Crippen molar-refractivity contribution in [3.05, 3.63) is 0 Å². The van der Waals surface area contributed by atoms with E-state index in [0.717, 1.165) is 6.92 Å². The number of hydrogen-bond donors (Lipinski definition) is 3. The van der Waals surface area contributed by atoms with Crippen molar-refractivity contribution in [3.63, 3.8) is 0 Å². The first-order chi connectivity index (χ1) is 5.42. The minimum absolute atomic E-state index is 0.869. The van der Waals surface area contributed by atoms with Crippen LogP contribution in [-0.4, -0.2) is 36.5 Å². The summed E-state index contributed by atoms with van der Waals surface area (Å²) in [5.41, 5.74) is 0. The molecule has 0 radical (unpaired) electrons. The Bertz CT molecular complexity index is 337. The Balaban J connectivity index is 0. The van der Waals surface area contributed by atoms with E-state index in [0.29, 0.717) is 0 Å². The second-order valence-corrected chi connectivity index (χ2v) is 3.37. The first-order valence-electron chi connectivity index (χ1n) is 2.29. The second-order valence-electron chi connectivity index (χ2n) is 1.45. The quantitative estimate of drug-likeness (QED) is 0.472. The van der Waals surface area contributed by atoms with Crippen molar-refractivity contribution in [1.82, 2.24) is 0 Å². The topological polar surface area (TPSA) is 155 Å². The molecule has 0 saturated carbocycles. The van der Waals surface area contributed by atoms with Gasteiger partial charge >= 0.3 is 26.8 Å². The third-order valence-electron chi connectivity index (χ3n) is 0.223. The minimum Gasteiger partial charge on any atom is -0.325 e. The largest absolute Gasteiger partial charge is 0.448 e. The Kier molecular flexibility index (Phi) is 5.77. The molecule has 0 saturated heterocycles.